The van der Waals surface area contributed by atoms with Gasteiger partial charge in [-0.15, -0.1) is 0 Å². The fourth-order valence-corrected chi connectivity index (χ4v) is 2.81. The molecule has 1 aromatic rings. The highest BCUT2D eigenvalue weighted by molar-refractivity contribution is 6.31. The number of halogens is 2. The van der Waals surface area contributed by atoms with Gasteiger partial charge in [0.15, 0.2) is 0 Å². The average molecular weight is 286 g/mol. The van der Waals surface area contributed by atoms with Gasteiger partial charge in [-0.2, -0.15) is 0 Å². The molecule has 0 heterocycles. The molecule has 0 aromatic heterocycles. The normalized spacial score (nSPS) is 18.2. The Kier molecular flexibility index (Phi) is 4.77. The van der Waals surface area contributed by atoms with Crippen LogP contribution in [0.3, 0.4) is 0 Å². The van der Waals surface area contributed by atoms with Crippen molar-refractivity contribution < 1.29 is 14.3 Å². The highest BCUT2D eigenvalue weighted by Crippen LogP contribution is 2.27. The number of nitrogens with one attached hydrogen (secondary N) is 1. The SMILES string of the molecule is O=C(O)C(NC1CCCCC1)c1ccc(F)cc1Cl. The summed E-state index contributed by atoms with van der Waals surface area (Å²) < 4.78 is 13.0. The van der Waals surface area contributed by atoms with Crippen LogP contribution >= 0.6 is 11.6 Å². The van der Waals surface area contributed by atoms with Crippen LogP contribution in [0.25, 0.3) is 0 Å². The molecule has 2 rings (SSSR count). The first-order valence-corrected chi connectivity index (χ1v) is 6.89. The monoisotopic (exact) mass is 285 g/mol. The molecule has 1 atom stereocenters. The second-order valence-electron chi connectivity index (χ2n) is 4.94. The molecule has 5 heteroatoms. The van der Waals surface area contributed by atoms with Crippen LogP contribution < -0.4 is 5.32 Å². The first-order valence-electron chi connectivity index (χ1n) is 6.51. The van der Waals surface area contributed by atoms with Gasteiger partial charge in [-0.1, -0.05) is 36.9 Å². The zero-order valence-corrected chi connectivity index (χ0v) is 11.3. The van der Waals surface area contributed by atoms with Gasteiger partial charge in [0.2, 0.25) is 0 Å². The smallest absolute Gasteiger partial charge is 0.325 e. The molecular formula is C14H17ClFNO2. The van der Waals surface area contributed by atoms with E-state index in [9.17, 15) is 14.3 Å². The van der Waals surface area contributed by atoms with Gasteiger partial charge in [-0.05, 0) is 30.5 Å². The van der Waals surface area contributed by atoms with E-state index in [4.69, 9.17) is 11.6 Å². The predicted molar refractivity (Wildman–Crippen MR) is 71.8 cm³/mol. The van der Waals surface area contributed by atoms with E-state index >= 15 is 0 Å². The molecule has 2 N–H and O–H groups in total. The standard InChI is InChI=1S/C14H17ClFNO2/c15-12-8-9(16)6-7-11(12)13(14(18)19)17-10-4-2-1-3-5-10/h6-8,10,13,17H,1-5H2,(H,18,19). The molecule has 19 heavy (non-hydrogen) atoms. The Morgan fingerprint density at radius 1 is 1.37 bits per heavy atom. The van der Waals surface area contributed by atoms with Crippen LogP contribution in [-0.2, 0) is 4.79 Å². The van der Waals surface area contributed by atoms with Crippen molar-refractivity contribution in [3.63, 3.8) is 0 Å². The third kappa shape index (κ3) is 3.67. The van der Waals surface area contributed by atoms with Crippen molar-refractivity contribution in [1.29, 1.82) is 0 Å². The van der Waals surface area contributed by atoms with Gasteiger partial charge in [0.1, 0.15) is 11.9 Å². The Morgan fingerprint density at radius 3 is 2.63 bits per heavy atom. The molecule has 1 unspecified atom stereocenters. The highest BCUT2D eigenvalue weighted by atomic mass is 35.5. The fourth-order valence-electron chi connectivity index (χ4n) is 2.53. The minimum Gasteiger partial charge on any atom is -0.480 e. The molecule has 0 spiro atoms. The van der Waals surface area contributed by atoms with Crippen molar-refractivity contribution in [2.45, 2.75) is 44.2 Å². The molecular weight excluding hydrogens is 269 g/mol. The molecule has 1 aliphatic carbocycles. The van der Waals surface area contributed by atoms with Crippen molar-refractivity contribution in [3.05, 3.63) is 34.6 Å². The molecule has 0 aliphatic heterocycles. The van der Waals surface area contributed by atoms with Gasteiger partial charge in [0.05, 0.1) is 0 Å². The lowest BCUT2D eigenvalue weighted by Gasteiger charge is -2.27. The maximum absolute atomic E-state index is 13.0. The van der Waals surface area contributed by atoms with Gasteiger partial charge in [0.25, 0.3) is 0 Å². The van der Waals surface area contributed by atoms with Crippen LogP contribution in [0.15, 0.2) is 18.2 Å². The number of carbonyl (C=O) groups is 1. The van der Waals surface area contributed by atoms with Gasteiger partial charge in [-0.25, -0.2) is 4.39 Å². The number of hydrogen-bond acceptors (Lipinski definition) is 2. The van der Waals surface area contributed by atoms with Crippen LogP contribution in [0.2, 0.25) is 5.02 Å². The van der Waals surface area contributed by atoms with E-state index in [0.29, 0.717) is 5.56 Å². The lowest BCUT2D eigenvalue weighted by Crippen LogP contribution is -2.38. The molecule has 1 aliphatic rings. The molecule has 104 valence electrons. The summed E-state index contributed by atoms with van der Waals surface area (Å²) in [7, 11) is 0. The van der Waals surface area contributed by atoms with Gasteiger partial charge in [0, 0.05) is 11.1 Å². The summed E-state index contributed by atoms with van der Waals surface area (Å²) >= 11 is 5.94. The van der Waals surface area contributed by atoms with E-state index < -0.39 is 17.8 Å². The Morgan fingerprint density at radius 2 is 2.05 bits per heavy atom. The summed E-state index contributed by atoms with van der Waals surface area (Å²) in [6.45, 7) is 0. The molecule has 0 amide bonds. The summed E-state index contributed by atoms with van der Waals surface area (Å²) in [5.74, 6) is -1.45. The Hall–Kier alpha value is -1.13. The molecule has 0 saturated heterocycles. The number of aliphatic carboxylic acids is 1. The minimum absolute atomic E-state index is 0.149. The molecule has 0 bridgehead atoms. The van der Waals surface area contributed by atoms with Crippen LogP contribution in [0, 0.1) is 5.82 Å². The van der Waals surface area contributed by atoms with E-state index in [1.165, 1.54) is 18.6 Å². The van der Waals surface area contributed by atoms with E-state index in [-0.39, 0.29) is 11.1 Å². The summed E-state index contributed by atoms with van der Waals surface area (Å²) in [5, 5.41) is 12.6. The fraction of sp³-hybridized carbons (Fsp3) is 0.500. The summed E-state index contributed by atoms with van der Waals surface area (Å²) in [6, 6.07) is 3.13. The molecule has 3 nitrogen and oxygen atoms in total. The quantitative estimate of drug-likeness (QED) is 0.890. The van der Waals surface area contributed by atoms with Crippen molar-refractivity contribution in [1.82, 2.24) is 5.32 Å². The topological polar surface area (TPSA) is 49.3 Å². The predicted octanol–water partition coefficient (Wildman–Crippen LogP) is 3.53. The number of carboxylic acids is 1. The lowest BCUT2D eigenvalue weighted by molar-refractivity contribution is -0.140. The number of carboxylic acid groups (broad SMARTS) is 1. The number of benzene rings is 1. The van der Waals surface area contributed by atoms with Crippen molar-refractivity contribution >= 4 is 17.6 Å². The second kappa shape index (κ2) is 6.35. The van der Waals surface area contributed by atoms with E-state index in [1.807, 2.05) is 0 Å². The molecule has 1 fully saturated rings. The third-order valence-electron chi connectivity index (χ3n) is 3.53. The zero-order valence-electron chi connectivity index (χ0n) is 10.5. The van der Waals surface area contributed by atoms with Crippen LogP contribution in [0.4, 0.5) is 4.39 Å². The van der Waals surface area contributed by atoms with E-state index in [2.05, 4.69) is 5.32 Å². The average Bonchev–Trinajstić information content (AvgIpc) is 2.38. The minimum atomic E-state index is -0.987. The maximum Gasteiger partial charge on any atom is 0.325 e. The Bertz CT molecular complexity index is 461. The van der Waals surface area contributed by atoms with Crippen LogP contribution in [0.1, 0.15) is 43.7 Å². The van der Waals surface area contributed by atoms with E-state index in [1.54, 1.807) is 0 Å². The van der Waals surface area contributed by atoms with Crippen molar-refractivity contribution in [2.75, 3.05) is 0 Å². The summed E-state index contributed by atoms with van der Waals surface area (Å²) in [6.07, 6.45) is 5.38. The summed E-state index contributed by atoms with van der Waals surface area (Å²) in [4.78, 5) is 11.4. The van der Waals surface area contributed by atoms with Crippen molar-refractivity contribution in [3.8, 4) is 0 Å². The first-order chi connectivity index (χ1) is 9.08. The first kappa shape index (κ1) is 14.3. The molecule has 0 radical (unpaired) electrons. The van der Waals surface area contributed by atoms with E-state index in [0.717, 1.165) is 31.7 Å². The Labute approximate surface area is 116 Å². The van der Waals surface area contributed by atoms with Gasteiger partial charge in [-0.3, -0.25) is 10.1 Å². The maximum atomic E-state index is 13.0. The van der Waals surface area contributed by atoms with Crippen LogP contribution in [0.5, 0.6) is 0 Å². The van der Waals surface area contributed by atoms with Crippen LogP contribution in [-0.4, -0.2) is 17.1 Å². The number of hydrogen-bond donors (Lipinski definition) is 2. The van der Waals surface area contributed by atoms with Gasteiger partial charge >= 0.3 is 5.97 Å². The Balaban J connectivity index is 2.17. The zero-order chi connectivity index (χ0) is 13.8. The molecule has 1 saturated carbocycles. The largest absolute Gasteiger partial charge is 0.480 e. The highest BCUT2D eigenvalue weighted by Gasteiger charge is 2.26. The second-order valence-corrected chi connectivity index (χ2v) is 5.35. The van der Waals surface area contributed by atoms with Gasteiger partial charge < -0.3 is 5.11 Å². The summed E-state index contributed by atoms with van der Waals surface area (Å²) in [5.41, 5.74) is 0.418. The number of rotatable bonds is 4. The van der Waals surface area contributed by atoms with Crippen molar-refractivity contribution in [2.24, 2.45) is 0 Å². The lowest BCUT2D eigenvalue weighted by atomic mass is 9.94. The molecule has 1 aromatic carbocycles. The third-order valence-corrected chi connectivity index (χ3v) is 3.86.